The molecule has 0 fully saturated rings. The van der Waals surface area contributed by atoms with E-state index in [4.69, 9.17) is 23.2 Å². The number of nitrogens with one attached hydrogen (secondary N) is 2. The molecule has 0 aliphatic carbocycles. The van der Waals surface area contributed by atoms with Crippen LogP contribution in [0.4, 0.5) is 5.69 Å². The summed E-state index contributed by atoms with van der Waals surface area (Å²) in [5.74, 6) is -0.234. The Balaban J connectivity index is 2.07. The third-order valence-electron chi connectivity index (χ3n) is 3.67. The fourth-order valence-corrected chi connectivity index (χ4v) is 3.77. The smallest absolute Gasteiger partial charge is 0.240 e. The van der Waals surface area contributed by atoms with E-state index in [1.54, 1.807) is 37.3 Å². The summed E-state index contributed by atoms with van der Waals surface area (Å²) in [5, 5.41) is 3.76. The molecule has 2 aromatic rings. The molecule has 0 radical (unpaired) electrons. The zero-order valence-electron chi connectivity index (χ0n) is 13.8. The average Bonchev–Trinajstić information content (AvgIpc) is 2.55. The van der Waals surface area contributed by atoms with Crippen molar-refractivity contribution in [1.82, 2.24) is 4.72 Å². The predicted molar refractivity (Wildman–Crippen MR) is 101 cm³/mol. The molecule has 2 aromatic carbocycles. The molecule has 2 N–H and O–H groups in total. The highest BCUT2D eigenvalue weighted by atomic mass is 35.5. The third kappa shape index (κ3) is 5.19. The molecule has 0 saturated carbocycles. The molecule has 1 amide bonds. The standard InChI is InChI=1S/C17H18Cl2N2O3S/c1-11-3-7-14(10-16(11)25(23,24)20-2)21-17(22)8-5-12-4-6-13(18)9-15(12)19/h3-4,6-7,9-10,20H,5,8H2,1-2H3,(H,21,22). The van der Waals surface area contributed by atoms with Crippen LogP contribution in [0.5, 0.6) is 0 Å². The Morgan fingerprint density at radius 2 is 1.84 bits per heavy atom. The molecule has 25 heavy (non-hydrogen) atoms. The normalized spacial score (nSPS) is 11.4. The van der Waals surface area contributed by atoms with Gasteiger partial charge in [0, 0.05) is 22.2 Å². The van der Waals surface area contributed by atoms with Crippen LogP contribution in [0, 0.1) is 6.92 Å². The highest BCUT2D eigenvalue weighted by molar-refractivity contribution is 7.89. The minimum atomic E-state index is -3.58. The van der Waals surface area contributed by atoms with Crippen molar-refractivity contribution in [3.8, 4) is 0 Å². The van der Waals surface area contributed by atoms with Crippen molar-refractivity contribution in [2.75, 3.05) is 12.4 Å². The van der Waals surface area contributed by atoms with Crippen molar-refractivity contribution in [2.24, 2.45) is 0 Å². The van der Waals surface area contributed by atoms with E-state index in [2.05, 4.69) is 10.0 Å². The van der Waals surface area contributed by atoms with Gasteiger partial charge in [-0.1, -0.05) is 35.3 Å². The first-order chi connectivity index (χ1) is 11.7. The Hall–Kier alpha value is -1.60. The summed E-state index contributed by atoms with van der Waals surface area (Å²) in [4.78, 5) is 12.3. The van der Waals surface area contributed by atoms with Crippen molar-refractivity contribution >= 4 is 44.8 Å². The van der Waals surface area contributed by atoms with Gasteiger partial charge in [0.1, 0.15) is 0 Å². The van der Waals surface area contributed by atoms with Gasteiger partial charge in [-0.25, -0.2) is 13.1 Å². The van der Waals surface area contributed by atoms with E-state index in [-0.39, 0.29) is 17.2 Å². The van der Waals surface area contributed by atoms with Crippen molar-refractivity contribution in [1.29, 1.82) is 0 Å². The van der Waals surface area contributed by atoms with Crippen LogP contribution in [-0.2, 0) is 21.2 Å². The van der Waals surface area contributed by atoms with Gasteiger partial charge in [-0.2, -0.15) is 0 Å². The Bertz CT molecular complexity index is 899. The molecule has 0 saturated heterocycles. The van der Waals surface area contributed by atoms with Gasteiger partial charge in [0.25, 0.3) is 0 Å². The van der Waals surface area contributed by atoms with Crippen LogP contribution < -0.4 is 10.0 Å². The van der Waals surface area contributed by atoms with Crippen molar-refractivity contribution in [3.63, 3.8) is 0 Å². The summed E-state index contributed by atoms with van der Waals surface area (Å²) in [6.07, 6.45) is 0.665. The summed E-state index contributed by atoms with van der Waals surface area (Å²) in [6, 6.07) is 9.88. The predicted octanol–water partition coefficient (Wildman–Crippen LogP) is 3.78. The molecule has 0 unspecified atom stereocenters. The van der Waals surface area contributed by atoms with E-state index in [1.165, 1.54) is 13.1 Å². The van der Waals surface area contributed by atoms with Gasteiger partial charge in [-0.15, -0.1) is 0 Å². The van der Waals surface area contributed by atoms with Gasteiger partial charge in [-0.3, -0.25) is 4.79 Å². The summed E-state index contributed by atoms with van der Waals surface area (Å²) in [5.41, 5.74) is 1.84. The Morgan fingerprint density at radius 1 is 1.12 bits per heavy atom. The summed E-state index contributed by atoms with van der Waals surface area (Å²) in [6.45, 7) is 1.69. The van der Waals surface area contributed by atoms with E-state index in [0.29, 0.717) is 27.7 Å². The van der Waals surface area contributed by atoms with Gasteiger partial charge < -0.3 is 5.32 Å². The topological polar surface area (TPSA) is 75.3 Å². The molecule has 0 heterocycles. The van der Waals surface area contributed by atoms with Crippen LogP contribution in [0.15, 0.2) is 41.3 Å². The highest BCUT2D eigenvalue weighted by Gasteiger charge is 2.16. The van der Waals surface area contributed by atoms with Gasteiger partial charge in [-0.05, 0) is 55.8 Å². The first-order valence-electron chi connectivity index (χ1n) is 7.51. The second-order valence-electron chi connectivity index (χ2n) is 5.47. The molecule has 0 atom stereocenters. The first-order valence-corrected chi connectivity index (χ1v) is 9.75. The largest absolute Gasteiger partial charge is 0.326 e. The quantitative estimate of drug-likeness (QED) is 0.774. The molecule has 0 aliphatic rings. The minimum Gasteiger partial charge on any atom is -0.326 e. The average molecular weight is 401 g/mol. The monoisotopic (exact) mass is 400 g/mol. The lowest BCUT2D eigenvalue weighted by atomic mass is 10.1. The molecule has 0 aliphatic heterocycles. The van der Waals surface area contributed by atoms with Gasteiger partial charge in [0.05, 0.1) is 4.90 Å². The number of amides is 1. The van der Waals surface area contributed by atoms with E-state index in [1.807, 2.05) is 0 Å². The molecular formula is C17H18Cl2N2O3S. The van der Waals surface area contributed by atoms with Gasteiger partial charge in [0.15, 0.2) is 0 Å². The number of aryl methyl sites for hydroxylation is 2. The van der Waals surface area contributed by atoms with Crippen LogP contribution in [0.1, 0.15) is 17.5 Å². The van der Waals surface area contributed by atoms with Crippen LogP contribution >= 0.6 is 23.2 Å². The van der Waals surface area contributed by atoms with Crippen molar-refractivity contribution in [3.05, 3.63) is 57.6 Å². The Kier molecular flexibility index (Phi) is 6.46. The fraction of sp³-hybridized carbons (Fsp3) is 0.235. The summed E-state index contributed by atoms with van der Waals surface area (Å²) < 4.78 is 26.2. The lowest BCUT2D eigenvalue weighted by molar-refractivity contribution is -0.116. The number of benzene rings is 2. The zero-order chi connectivity index (χ0) is 18.6. The maximum absolute atomic E-state index is 12.1. The second-order valence-corrected chi connectivity index (χ2v) is 8.17. The number of sulfonamides is 1. The fourth-order valence-electron chi connectivity index (χ4n) is 2.27. The van der Waals surface area contributed by atoms with Crippen LogP contribution in [-0.4, -0.2) is 21.4 Å². The van der Waals surface area contributed by atoms with E-state index in [9.17, 15) is 13.2 Å². The van der Waals surface area contributed by atoms with Crippen LogP contribution in [0.2, 0.25) is 10.0 Å². The summed E-state index contributed by atoms with van der Waals surface area (Å²) >= 11 is 11.9. The zero-order valence-corrected chi connectivity index (χ0v) is 16.1. The Morgan fingerprint density at radius 3 is 2.48 bits per heavy atom. The van der Waals surface area contributed by atoms with Crippen molar-refractivity contribution in [2.45, 2.75) is 24.7 Å². The second kappa shape index (κ2) is 8.19. The number of carbonyl (C=O) groups is 1. The van der Waals surface area contributed by atoms with E-state index >= 15 is 0 Å². The molecule has 5 nitrogen and oxygen atoms in total. The number of anilines is 1. The first kappa shape index (κ1) is 19.7. The van der Waals surface area contributed by atoms with Crippen LogP contribution in [0.25, 0.3) is 0 Å². The van der Waals surface area contributed by atoms with Gasteiger partial charge in [0.2, 0.25) is 15.9 Å². The lowest BCUT2D eigenvalue weighted by Crippen LogP contribution is -2.20. The number of halogens is 2. The SMILES string of the molecule is CNS(=O)(=O)c1cc(NC(=O)CCc2ccc(Cl)cc2Cl)ccc1C. The number of hydrogen-bond donors (Lipinski definition) is 2. The number of hydrogen-bond acceptors (Lipinski definition) is 3. The molecule has 8 heteroatoms. The Labute approximate surface area is 157 Å². The minimum absolute atomic E-state index is 0.133. The molecule has 134 valence electrons. The third-order valence-corrected chi connectivity index (χ3v) is 5.81. The maximum atomic E-state index is 12.1. The molecule has 0 aromatic heterocycles. The van der Waals surface area contributed by atoms with E-state index in [0.717, 1.165) is 5.56 Å². The number of carbonyl (C=O) groups excluding carboxylic acids is 1. The molecule has 2 rings (SSSR count). The highest BCUT2D eigenvalue weighted by Crippen LogP contribution is 2.23. The molecule has 0 bridgehead atoms. The van der Waals surface area contributed by atoms with E-state index < -0.39 is 10.0 Å². The maximum Gasteiger partial charge on any atom is 0.240 e. The van der Waals surface area contributed by atoms with Gasteiger partial charge >= 0.3 is 0 Å². The molecular weight excluding hydrogens is 383 g/mol. The summed E-state index contributed by atoms with van der Waals surface area (Å²) in [7, 11) is -2.24. The molecule has 0 spiro atoms. The number of rotatable bonds is 6. The lowest BCUT2D eigenvalue weighted by Gasteiger charge is -2.11. The van der Waals surface area contributed by atoms with Crippen LogP contribution in [0.3, 0.4) is 0 Å². The van der Waals surface area contributed by atoms with Crippen molar-refractivity contribution < 1.29 is 13.2 Å².